The second-order valence-corrected chi connectivity index (χ2v) is 15.1. The van der Waals surface area contributed by atoms with Crippen LogP contribution in [0, 0.1) is 29.1 Å². The molecule has 14 heteroatoms. The first-order valence-corrected chi connectivity index (χ1v) is 18.3. The molecule has 4 rings (SSSR count). The van der Waals surface area contributed by atoms with E-state index in [2.05, 4.69) is 16.5 Å². The third-order valence-corrected chi connectivity index (χ3v) is 9.98. The largest absolute Gasteiger partial charge is 0.461 e. The molecule has 296 valence electrons. The van der Waals surface area contributed by atoms with Crippen molar-refractivity contribution >= 4 is 35.6 Å². The van der Waals surface area contributed by atoms with Gasteiger partial charge < -0.3 is 28.8 Å². The fraction of sp³-hybridized carbons (Fsp3) is 0.512. The smallest absolute Gasteiger partial charge is 0.340 e. The molecule has 0 bridgehead atoms. The van der Waals surface area contributed by atoms with Crippen LogP contribution in [0.5, 0.6) is 0 Å². The number of pyridine rings is 2. The maximum absolute atomic E-state index is 14.5. The Kier molecular flexibility index (Phi) is 13.5. The van der Waals surface area contributed by atoms with Crippen molar-refractivity contribution in [2.75, 3.05) is 0 Å². The SMILES string of the molecule is C=C1C(OC(=O)C(C)C)C(OC(=O)c2cccnc2)C(OC(=O)c2cccnc2)C(C)(C)C=CC(C)C(=O)C2(O)CC(C)C(OC(=O)CC)C2C1OC(C)=O. The summed E-state index contributed by atoms with van der Waals surface area (Å²) in [5.74, 6) is -8.68. The van der Waals surface area contributed by atoms with Gasteiger partial charge in [0.1, 0.15) is 17.8 Å². The maximum Gasteiger partial charge on any atom is 0.340 e. The van der Waals surface area contributed by atoms with Gasteiger partial charge in [0.15, 0.2) is 24.1 Å². The molecule has 1 N–H and O–H groups in total. The number of ketones is 1. The van der Waals surface area contributed by atoms with E-state index in [0.29, 0.717) is 0 Å². The first kappa shape index (κ1) is 42.5. The number of esters is 5. The van der Waals surface area contributed by atoms with Gasteiger partial charge in [-0.2, -0.15) is 0 Å². The van der Waals surface area contributed by atoms with Crippen molar-refractivity contribution in [3.63, 3.8) is 0 Å². The predicted octanol–water partition coefficient (Wildman–Crippen LogP) is 4.79. The van der Waals surface area contributed by atoms with Gasteiger partial charge in [0.25, 0.3) is 0 Å². The Morgan fingerprint density at radius 2 is 1.47 bits per heavy atom. The van der Waals surface area contributed by atoms with Crippen LogP contribution in [0.25, 0.3) is 0 Å². The molecular weight excluding hydrogens is 712 g/mol. The Labute approximate surface area is 320 Å². The molecule has 1 saturated carbocycles. The van der Waals surface area contributed by atoms with E-state index in [1.165, 1.54) is 55.1 Å². The number of carbonyl (C=O) groups is 6. The highest BCUT2D eigenvalue weighted by molar-refractivity contribution is 5.92. The van der Waals surface area contributed by atoms with Gasteiger partial charge in [0, 0.05) is 55.0 Å². The van der Waals surface area contributed by atoms with E-state index < -0.39 is 101 Å². The van der Waals surface area contributed by atoms with Crippen molar-refractivity contribution in [2.24, 2.45) is 29.1 Å². The highest BCUT2D eigenvalue weighted by atomic mass is 16.6. The number of hydrogen-bond acceptors (Lipinski definition) is 14. The van der Waals surface area contributed by atoms with E-state index in [1.54, 1.807) is 54.5 Å². The molecule has 0 radical (unpaired) electrons. The quantitative estimate of drug-likeness (QED) is 0.208. The Balaban J connectivity index is 2.07. The number of nitrogens with zero attached hydrogens (tertiary/aromatic N) is 2. The molecule has 2 aromatic rings. The summed E-state index contributed by atoms with van der Waals surface area (Å²) in [6.07, 6.45) is 0.435. The van der Waals surface area contributed by atoms with Crippen molar-refractivity contribution in [1.82, 2.24) is 9.97 Å². The van der Waals surface area contributed by atoms with Crippen LogP contribution in [0.15, 0.2) is 73.4 Å². The summed E-state index contributed by atoms with van der Waals surface area (Å²) >= 11 is 0. The minimum absolute atomic E-state index is 0.000128. The van der Waals surface area contributed by atoms with Crippen molar-refractivity contribution in [3.8, 4) is 0 Å². The van der Waals surface area contributed by atoms with Crippen LogP contribution >= 0.6 is 0 Å². The summed E-state index contributed by atoms with van der Waals surface area (Å²) in [5.41, 5.74) is -3.79. The lowest BCUT2D eigenvalue weighted by Crippen LogP contribution is -2.58. The molecule has 0 aromatic carbocycles. The zero-order valence-corrected chi connectivity index (χ0v) is 32.4. The topological polar surface area (TPSA) is 195 Å². The van der Waals surface area contributed by atoms with Crippen LogP contribution in [0.4, 0.5) is 0 Å². The molecule has 9 atom stereocenters. The molecule has 9 unspecified atom stereocenters. The van der Waals surface area contributed by atoms with Gasteiger partial charge in [-0.15, -0.1) is 0 Å². The van der Waals surface area contributed by atoms with Gasteiger partial charge in [-0.1, -0.05) is 67.2 Å². The zero-order chi connectivity index (χ0) is 40.8. The standard InChI is InChI=1S/C41H50N2O12/c1-10-29(45)52-31-24(5)19-41(50)30(31)32(51-26(7)44)25(6)33(53-37(47)22(2)3)34(54-38(48)27-13-11-17-42-20-27)36(40(8,9)16-15-23(4)35(41)46)55-39(49)28-14-12-18-43-21-28/h11-18,20-24,30-34,36,50H,6,10,19H2,1-5,7-9H3. The fourth-order valence-corrected chi connectivity index (χ4v) is 7.05. The highest BCUT2D eigenvalue weighted by Gasteiger charge is 2.63. The van der Waals surface area contributed by atoms with Crippen LogP contribution in [-0.4, -0.2) is 86.8 Å². The van der Waals surface area contributed by atoms with Crippen LogP contribution < -0.4 is 0 Å². The molecule has 2 aliphatic carbocycles. The normalized spacial score (nSPS) is 29.2. The molecule has 2 aliphatic rings. The van der Waals surface area contributed by atoms with Crippen molar-refractivity contribution in [2.45, 2.75) is 104 Å². The molecular formula is C41H50N2O12. The first-order valence-electron chi connectivity index (χ1n) is 18.3. The van der Waals surface area contributed by atoms with Crippen LogP contribution in [0.3, 0.4) is 0 Å². The number of rotatable bonds is 9. The molecule has 0 amide bonds. The van der Waals surface area contributed by atoms with E-state index >= 15 is 0 Å². The average Bonchev–Trinajstić information content (AvgIpc) is 3.40. The average molecular weight is 763 g/mol. The van der Waals surface area contributed by atoms with Gasteiger partial charge in [-0.25, -0.2) is 9.59 Å². The number of hydrogen-bond donors (Lipinski definition) is 1. The van der Waals surface area contributed by atoms with Crippen molar-refractivity contribution in [1.29, 1.82) is 0 Å². The van der Waals surface area contributed by atoms with E-state index in [1.807, 2.05) is 0 Å². The Bertz CT molecular complexity index is 1790. The summed E-state index contributed by atoms with van der Waals surface area (Å²) in [7, 11) is 0. The summed E-state index contributed by atoms with van der Waals surface area (Å²) in [4.78, 5) is 89.7. The number of carbonyl (C=O) groups excluding carboxylic acids is 6. The molecule has 2 heterocycles. The number of allylic oxidation sites excluding steroid dienone is 1. The lowest BCUT2D eigenvalue weighted by Gasteiger charge is -2.44. The van der Waals surface area contributed by atoms with E-state index in [0.717, 1.165) is 6.92 Å². The Morgan fingerprint density at radius 1 is 0.891 bits per heavy atom. The number of Topliss-reactive ketones (excluding diaryl/α,β-unsaturated/α-hetero) is 1. The molecule has 1 fully saturated rings. The highest BCUT2D eigenvalue weighted by Crippen LogP contribution is 2.49. The van der Waals surface area contributed by atoms with Gasteiger partial charge in [0.2, 0.25) is 0 Å². The monoisotopic (exact) mass is 762 g/mol. The summed E-state index contributed by atoms with van der Waals surface area (Å²) < 4.78 is 30.3. The van der Waals surface area contributed by atoms with E-state index in [-0.39, 0.29) is 29.5 Å². The van der Waals surface area contributed by atoms with E-state index in [9.17, 15) is 33.9 Å². The third kappa shape index (κ3) is 9.53. The molecule has 2 aromatic heterocycles. The van der Waals surface area contributed by atoms with Crippen LogP contribution in [0.1, 0.15) is 88.9 Å². The molecule has 0 saturated heterocycles. The summed E-state index contributed by atoms with van der Waals surface area (Å²) in [6.45, 7) is 16.6. The fourth-order valence-electron chi connectivity index (χ4n) is 7.05. The molecule has 55 heavy (non-hydrogen) atoms. The lowest BCUT2D eigenvalue weighted by molar-refractivity contribution is -0.177. The minimum atomic E-state index is -2.27. The zero-order valence-electron chi connectivity index (χ0n) is 32.4. The maximum atomic E-state index is 14.5. The number of fused-ring (bicyclic) bond motifs is 1. The second-order valence-electron chi connectivity index (χ2n) is 15.1. The van der Waals surface area contributed by atoms with Gasteiger partial charge in [-0.3, -0.25) is 29.1 Å². The summed E-state index contributed by atoms with van der Waals surface area (Å²) in [5, 5.41) is 12.5. The molecule has 0 aliphatic heterocycles. The molecule has 0 spiro atoms. The van der Waals surface area contributed by atoms with Crippen LogP contribution in [-0.2, 0) is 42.9 Å². The van der Waals surface area contributed by atoms with Crippen molar-refractivity contribution in [3.05, 3.63) is 84.5 Å². The second kappa shape index (κ2) is 17.5. The lowest BCUT2D eigenvalue weighted by atomic mass is 9.72. The Hall–Kier alpha value is -5.24. The van der Waals surface area contributed by atoms with Crippen molar-refractivity contribution < 1.29 is 57.6 Å². The number of ether oxygens (including phenoxy) is 5. The van der Waals surface area contributed by atoms with Gasteiger partial charge >= 0.3 is 29.8 Å². The van der Waals surface area contributed by atoms with E-state index in [4.69, 9.17) is 23.7 Å². The molecule has 14 nitrogen and oxygen atoms in total. The first-order chi connectivity index (χ1) is 25.8. The minimum Gasteiger partial charge on any atom is -0.461 e. The number of aromatic nitrogens is 2. The number of aliphatic hydroxyl groups is 1. The summed E-state index contributed by atoms with van der Waals surface area (Å²) in [6, 6.07) is 5.95. The van der Waals surface area contributed by atoms with Gasteiger partial charge in [-0.05, 0) is 36.6 Å². The van der Waals surface area contributed by atoms with Gasteiger partial charge in [0.05, 0.1) is 23.0 Å². The third-order valence-electron chi connectivity index (χ3n) is 9.98. The van der Waals surface area contributed by atoms with Crippen LogP contribution in [0.2, 0.25) is 0 Å². The predicted molar refractivity (Wildman–Crippen MR) is 196 cm³/mol. The Morgan fingerprint density at radius 3 is 1.98 bits per heavy atom.